The van der Waals surface area contributed by atoms with Gasteiger partial charge in [-0.15, -0.1) is 0 Å². The first kappa shape index (κ1) is 11.5. The minimum Gasteiger partial charge on any atom is -0.330 e. The maximum absolute atomic E-state index is 13.6. The van der Waals surface area contributed by atoms with E-state index < -0.39 is 22.9 Å². The molecule has 88 valence electrons. The number of hydrogen-bond donors (Lipinski definition) is 1. The van der Waals surface area contributed by atoms with E-state index in [4.69, 9.17) is 5.73 Å². The Kier molecular flexibility index (Phi) is 2.93. The summed E-state index contributed by atoms with van der Waals surface area (Å²) < 4.78 is 40.4. The third kappa shape index (κ3) is 1.61. The van der Waals surface area contributed by atoms with Crippen LogP contribution in [0.4, 0.5) is 13.2 Å². The van der Waals surface area contributed by atoms with Crippen LogP contribution in [0.1, 0.15) is 31.2 Å². The van der Waals surface area contributed by atoms with Crippen molar-refractivity contribution < 1.29 is 13.2 Å². The summed E-state index contributed by atoms with van der Waals surface area (Å²) in [6.07, 6.45) is 2.78. The molecule has 1 aliphatic rings. The fraction of sp³-hybridized carbons (Fsp3) is 0.500. The van der Waals surface area contributed by atoms with Crippen molar-refractivity contribution in [1.29, 1.82) is 0 Å². The van der Waals surface area contributed by atoms with Crippen LogP contribution in [0.2, 0.25) is 0 Å². The van der Waals surface area contributed by atoms with Crippen molar-refractivity contribution >= 4 is 0 Å². The van der Waals surface area contributed by atoms with E-state index in [-0.39, 0.29) is 5.56 Å². The maximum Gasteiger partial charge on any atom is 0.165 e. The summed E-state index contributed by atoms with van der Waals surface area (Å²) in [4.78, 5) is 0. The largest absolute Gasteiger partial charge is 0.330 e. The van der Waals surface area contributed by atoms with Gasteiger partial charge in [-0.2, -0.15) is 0 Å². The molecule has 16 heavy (non-hydrogen) atoms. The molecule has 2 rings (SSSR count). The normalized spacial score (nSPS) is 18.2. The van der Waals surface area contributed by atoms with Gasteiger partial charge in [0.05, 0.1) is 0 Å². The SMILES string of the molecule is NCCC1(c2c(F)ccc(F)c2F)CCC1. The van der Waals surface area contributed by atoms with E-state index in [0.717, 1.165) is 18.6 Å². The molecule has 0 radical (unpaired) electrons. The van der Waals surface area contributed by atoms with E-state index in [2.05, 4.69) is 0 Å². The molecule has 1 aliphatic carbocycles. The predicted octanol–water partition coefficient (Wildman–Crippen LogP) is 2.87. The van der Waals surface area contributed by atoms with Crippen LogP contribution < -0.4 is 5.73 Å². The van der Waals surface area contributed by atoms with Gasteiger partial charge in [0.1, 0.15) is 5.82 Å². The third-order valence-electron chi connectivity index (χ3n) is 3.51. The van der Waals surface area contributed by atoms with Gasteiger partial charge in [0.25, 0.3) is 0 Å². The molecule has 0 aromatic heterocycles. The third-order valence-corrected chi connectivity index (χ3v) is 3.51. The highest BCUT2D eigenvalue weighted by Crippen LogP contribution is 2.48. The lowest BCUT2D eigenvalue weighted by Crippen LogP contribution is -2.38. The van der Waals surface area contributed by atoms with Gasteiger partial charge in [0.2, 0.25) is 0 Å². The van der Waals surface area contributed by atoms with Gasteiger partial charge in [-0.25, -0.2) is 13.2 Å². The van der Waals surface area contributed by atoms with E-state index in [9.17, 15) is 13.2 Å². The van der Waals surface area contributed by atoms with E-state index >= 15 is 0 Å². The zero-order valence-corrected chi connectivity index (χ0v) is 8.90. The van der Waals surface area contributed by atoms with Gasteiger partial charge >= 0.3 is 0 Å². The Morgan fingerprint density at radius 1 is 1.12 bits per heavy atom. The lowest BCUT2D eigenvalue weighted by atomic mass is 9.62. The first-order valence-corrected chi connectivity index (χ1v) is 5.45. The van der Waals surface area contributed by atoms with Crippen molar-refractivity contribution in [2.24, 2.45) is 5.73 Å². The number of rotatable bonds is 3. The fourth-order valence-electron chi connectivity index (χ4n) is 2.52. The molecule has 0 atom stereocenters. The average Bonchev–Trinajstić information content (AvgIpc) is 2.20. The van der Waals surface area contributed by atoms with Crippen molar-refractivity contribution in [2.75, 3.05) is 6.54 Å². The summed E-state index contributed by atoms with van der Waals surface area (Å²) in [7, 11) is 0. The van der Waals surface area contributed by atoms with Crippen LogP contribution in [0.25, 0.3) is 0 Å². The van der Waals surface area contributed by atoms with Crippen molar-refractivity contribution in [1.82, 2.24) is 0 Å². The van der Waals surface area contributed by atoms with Gasteiger partial charge in [0.15, 0.2) is 11.6 Å². The number of benzene rings is 1. The second-order valence-electron chi connectivity index (χ2n) is 4.39. The molecule has 0 heterocycles. The zero-order valence-electron chi connectivity index (χ0n) is 8.90. The number of hydrogen-bond acceptors (Lipinski definition) is 1. The molecule has 4 heteroatoms. The summed E-state index contributed by atoms with van der Waals surface area (Å²) >= 11 is 0. The monoisotopic (exact) mass is 229 g/mol. The summed E-state index contributed by atoms with van der Waals surface area (Å²) in [5.41, 5.74) is 4.78. The van der Waals surface area contributed by atoms with Crippen molar-refractivity contribution in [3.63, 3.8) is 0 Å². The minimum absolute atomic E-state index is 0.107. The molecule has 1 fully saturated rings. The van der Waals surface area contributed by atoms with Crippen molar-refractivity contribution in [3.05, 3.63) is 35.1 Å². The molecule has 1 saturated carbocycles. The second kappa shape index (κ2) is 4.09. The molecule has 0 aliphatic heterocycles. The van der Waals surface area contributed by atoms with Crippen molar-refractivity contribution in [3.8, 4) is 0 Å². The first-order chi connectivity index (χ1) is 7.60. The van der Waals surface area contributed by atoms with Crippen LogP contribution in [0.15, 0.2) is 12.1 Å². The molecule has 0 saturated heterocycles. The number of halogens is 3. The Labute approximate surface area is 92.5 Å². The Bertz CT molecular complexity index is 399. The van der Waals surface area contributed by atoms with Crippen LogP contribution in [0.5, 0.6) is 0 Å². The smallest absolute Gasteiger partial charge is 0.165 e. The van der Waals surface area contributed by atoms with Crippen molar-refractivity contribution in [2.45, 2.75) is 31.1 Å². The summed E-state index contributed by atoms with van der Waals surface area (Å²) in [5.74, 6) is -2.69. The maximum atomic E-state index is 13.6. The Hall–Kier alpha value is -1.03. The second-order valence-corrected chi connectivity index (χ2v) is 4.39. The Morgan fingerprint density at radius 2 is 1.75 bits per heavy atom. The zero-order chi connectivity index (χ0) is 11.8. The van der Waals surface area contributed by atoms with Crippen LogP contribution in [-0.4, -0.2) is 6.54 Å². The van der Waals surface area contributed by atoms with Crippen LogP contribution >= 0.6 is 0 Å². The van der Waals surface area contributed by atoms with Gasteiger partial charge in [-0.1, -0.05) is 6.42 Å². The van der Waals surface area contributed by atoms with E-state index in [0.29, 0.717) is 25.8 Å². The first-order valence-electron chi connectivity index (χ1n) is 5.45. The lowest BCUT2D eigenvalue weighted by Gasteiger charge is -2.42. The highest BCUT2D eigenvalue weighted by atomic mass is 19.2. The Balaban J connectivity index is 2.49. The summed E-state index contributed by atoms with van der Waals surface area (Å²) in [5, 5.41) is 0. The molecule has 1 nitrogen and oxygen atoms in total. The molecule has 1 aromatic rings. The molecule has 1 aromatic carbocycles. The predicted molar refractivity (Wildman–Crippen MR) is 55.5 cm³/mol. The molecule has 0 unspecified atom stereocenters. The van der Waals surface area contributed by atoms with Gasteiger partial charge < -0.3 is 5.73 Å². The molecular weight excluding hydrogens is 215 g/mol. The molecule has 0 spiro atoms. The topological polar surface area (TPSA) is 26.0 Å². The molecule has 0 amide bonds. The minimum atomic E-state index is -1.05. The van der Waals surface area contributed by atoms with E-state index in [1.165, 1.54) is 0 Å². The van der Waals surface area contributed by atoms with Crippen LogP contribution in [-0.2, 0) is 5.41 Å². The summed E-state index contributed by atoms with van der Waals surface area (Å²) in [6.45, 7) is 0.357. The fourth-order valence-corrected chi connectivity index (χ4v) is 2.52. The molecule has 2 N–H and O–H groups in total. The number of nitrogens with two attached hydrogens (primary N) is 1. The van der Waals surface area contributed by atoms with Crippen LogP contribution in [0, 0.1) is 17.5 Å². The Morgan fingerprint density at radius 3 is 2.25 bits per heavy atom. The highest BCUT2D eigenvalue weighted by molar-refractivity contribution is 5.32. The molecule has 0 bridgehead atoms. The van der Waals surface area contributed by atoms with Gasteiger partial charge in [-0.3, -0.25) is 0 Å². The van der Waals surface area contributed by atoms with Gasteiger partial charge in [0, 0.05) is 11.0 Å². The quantitative estimate of drug-likeness (QED) is 0.792. The standard InChI is InChI=1S/C12H14F3N/c13-8-2-3-9(14)11(15)10(8)12(6-7-16)4-1-5-12/h2-3H,1,4-7,16H2. The van der Waals surface area contributed by atoms with Gasteiger partial charge in [-0.05, 0) is 37.9 Å². The summed E-state index contributed by atoms with van der Waals surface area (Å²) in [6, 6.07) is 1.81. The van der Waals surface area contributed by atoms with E-state index in [1.54, 1.807) is 0 Å². The highest BCUT2D eigenvalue weighted by Gasteiger charge is 2.42. The average molecular weight is 229 g/mol. The lowest BCUT2D eigenvalue weighted by molar-refractivity contribution is 0.211. The van der Waals surface area contributed by atoms with E-state index in [1.807, 2.05) is 0 Å². The molecular formula is C12H14F3N. The van der Waals surface area contributed by atoms with Crippen LogP contribution in [0.3, 0.4) is 0 Å².